The van der Waals surface area contributed by atoms with Crippen molar-refractivity contribution in [2.75, 3.05) is 13.2 Å². The summed E-state index contributed by atoms with van der Waals surface area (Å²) < 4.78 is 4.94. The first kappa shape index (κ1) is 12.6. The molecule has 0 N–H and O–H groups in total. The molecule has 0 bridgehead atoms. The molecule has 0 amide bonds. The van der Waals surface area contributed by atoms with Crippen molar-refractivity contribution in [3.63, 3.8) is 0 Å². The van der Waals surface area contributed by atoms with Gasteiger partial charge in [-0.15, -0.1) is 0 Å². The lowest BCUT2D eigenvalue weighted by molar-refractivity contribution is 0.198. The maximum Gasteiger partial charge on any atom is 0.0466 e. The van der Waals surface area contributed by atoms with Gasteiger partial charge in [-0.25, -0.2) is 0 Å². The van der Waals surface area contributed by atoms with E-state index in [1.807, 2.05) is 13.8 Å². The second-order valence-corrected chi connectivity index (χ2v) is 2.03. The van der Waals surface area contributed by atoms with Crippen LogP contribution in [-0.4, -0.2) is 13.2 Å². The molecular weight excluding hydrogens is 124 g/mol. The third-order valence-corrected chi connectivity index (χ3v) is 0.827. The fourth-order valence-corrected chi connectivity index (χ4v) is 0.510. The van der Waals surface area contributed by atoms with E-state index in [2.05, 4.69) is 13.8 Å². The molecule has 1 aliphatic rings. The van der Waals surface area contributed by atoms with Crippen LogP contribution in [0.3, 0.4) is 0 Å². The second-order valence-electron chi connectivity index (χ2n) is 2.03. The summed E-state index contributed by atoms with van der Waals surface area (Å²) in [5.41, 5.74) is 0. The SMILES string of the molecule is C1CCOC1.CC.CCC. The molecule has 0 aliphatic carbocycles. The van der Waals surface area contributed by atoms with Crippen molar-refractivity contribution in [3.8, 4) is 0 Å². The zero-order valence-electron chi connectivity index (χ0n) is 7.94. The predicted octanol–water partition coefficient (Wildman–Crippen LogP) is 3.24. The van der Waals surface area contributed by atoms with Gasteiger partial charge in [0.05, 0.1) is 0 Å². The minimum atomic E-state index is 1.00. The minimum absolute atomic E-state index is 1.00. The van der Waals surface area contributed by atoms with Crippen LogP contribution in [0, 0.1) is 0 Å². The standard InChI is InChI=1S/C4H8O.C3H8.C2H6/c1-2-4-5-3-1;1-3-2;1-2/h1-4H2;3H2,1-2H3;1-2H3. The summed E-state index contributed by atoms with van der Waals surface area (Å²) in [5, 5.41) is 0. The van der Waals surface area contributed by atoms with Gasteiger partial charge in [0.1, 0.15) is 0 Å². The topological polar surface area (TPSA) is 9.23 Å². The van der Waals surface area contributed by atoms with Gasteiger partial charge in [-0.2, -0.15) is 0 Å². The first-order chi connectivity index (χ1) is 4.91. The quantitative estimate of drug-likeness (QED) is 0.510. The van der Waals surface area contributed by atoms with Gasteiger partial charge in [-0.1, -0.05) is 34.1 Å². The fourth-order valence-electron chi connectivity index (χ4n) is 0.510. The zero-order valence-corrected chi connectivity index (χ0v) is 7.94. The van der Waals surface area contributed by atoms with E-state index in [0.29, 0.717) is 0 Å². The van der Waals surface area contributed by atoms with E-state index in [1.54, 1.807) is 0 Å². The summed E-state index contributed by atoms with van der Waals surface area (Å²) >= 11 is 0. The highest BCUT2D eigenvalue weighted by molar-refractivity contribution is 4.43. The van der Waals surface area contributed by atoms with Crippen molar-refractivity contribution in [2.45, 2.75) is 47.0 Å². The average molecular weight is 146 g/mol. The Morgan fingerprint density at radius 3 is 1.40 bits per heavy atom. The molecule has 0 atom stereocenters. The summed E-state index contributed by atoms with van der Waals surface area (Å²) in [6.07, 6.45) is 3.81. The Morgan fingerprint density at radius 2 is 1.30 bits per heavy atom. The van der Waals surface area contributed by atoms with Crippen molar-refractivity contribution < 1.29 is 4.74 Å². The van der Waals surface area contributed by atoms with E-state index >= 15 is 0 Å². The van der Waals surface area contributed by atoms with Crippen molar-refractivity contribution in [1.29, 1.82) is 0 Å². The normalized spacial score (nSPS) is 14.4. The van der Waals surface area contributed by atoms with Gasteiger partial charge in [0.2, 0.25) is 0 Å². The summed E-state index contributed by atoms with van der Waals surface area (Å²) in [6.45, 7) is 10.2. The highest BCUT2D eigenvalue weighted by Crippen LogP contribution is 1.98. The number of rotatable bonds is 0. The molecule has 1 aliphatic heterocycles. The molecule has 0 unspecified atom stereocenters. The van der Waals surface area contributed by atoms with E-state index in [4.69, 9.17) is 4.74 Å². The van der Waals surface area contributed by atoms with Gasteiger partial charge in [0, 0.05) is 13.2 Å². The summed E-state index contributed by atoms with van der Waals surface area (Å²) in [6, 6.07) is 0. The number of hydrogen-bond acceptors (Lipinski definition) is 1. The Labute approximate surface area is 65.8 Å². The average Bonchev–Trinajstić information content (AvgIpc) is 2.48. The number of hydrogen-bond donors (Lipinski definition) is 0. The second kappa shape index (κ2) is 16.0. The van der Waals surface area contributed by atoms with Crippen molar-refractivity contribution >= 4 is 0 Å². The smallest absolute Gasteiger partial charge is 0.0466 e. The molecular formula is C9H22O. The van der Waals surface area contributed by atoms with E-state index in [-0.39, 0.29) is 0 Å². The van der Waals surface area contributed by atoms with Crippen LogP contribution in [0.4, 0.5) is 0 Å². The molecule has 0 aromatic carbocycles. The Morgan fingerprint density at radius 1 is 1.00 bits per heavy atom. The first-order valence-corrected chi connectivity index (χ1v) is 4.49. The van der Waals surface area contributed by atoms with Gasteiger partial charge in [-0.3, -0.25) is 0 Å². The molecule has 1 nitrogen and oxygen atoms in total. The zero-order chi connectivity index (χ0) is 8.24. The Hall–Kier alpha value is -0.0400. The molecule has 0 aromatic rings. The summed E-state index contributed by atoms with van der Waals surface area (Å²) in [4.78, 5) is 0. The van der Waals surface area contributed by atoms with E-state index < -0.39 is 0 Å². The third kappa shape index (κ3) is 15.7. The monoisotopic (exact) mass is 146 g/mol. The molecule has 1 heterocycles. The van der Waals surface area contributed by atoms with Gasteiger partial charge in [-0.05, 0) is 12.8 Å². The maximum absolute atomic E-state index is 4.94. The molecule has 1 fully saturated rings. The largest absolute Gasteiger partial charge is 0.381 e. The van der Waals surface area contributed by atoms with Crippen LogP contribution in [0.1, 0.15) is 47.0 Å². The lowest BCUT2D eigenvalue weighted by Crippen LogP contribution is -1.74. The van der Waals surface area contributed by atoms with Crippen LogP contribution in [-0.2, 0) is 4.74 Å². The molecule has 0 aromatic heterocycles. The van der Waals surface area contributed by atoms with Gasteiger partial charge < -0.3 is 4.74 Å². The maximum atomic E-state index is 4.94. The van der Waals surface area contributed by atoms with Crippen molar-refractivity contribution in [1.82, 2.24) is 0 Å². The minimum Gasteiger partial charge on any atom is -0.381 e. The molecule has 1 rings (SSSR count). The Kier molecular flexibility index (Phi) is 20.2. The highest BCUT2D eigenvalue weighted by atomic mass is 16.5. The Bertz CT molecular complexity index is 24.1. The van der Waals surface area contributed by atoms with Crippen LogP contribution in [0.15, 0.2) is 0 Å². The van der Waals surface area contributed by atoms with Gasteiger partial charge >= 0.3 is 0 Å². The Balaban J connectivity index is 0. The molecule has 64 valence electrons. The lowest BCUT2D eigenvalue weighted by Gasteiger charge is -1.76. The summed E-state index contributed by atoms with van der Waals surface area (Å²) in [5.74, 6) is 0. The van der Waals surface area contributed by atoms with Crippen LogP contribution in [0.2, 0.25) is 0 Å². The molecule has 0 radical (unpaired) electrons. The molecule has 0 spiro atoms. The lowest BCUT2D eigenvalue weighted by atomic mass is 10.4. The summed E-state index contributed by atoms with van der Waals surface area (Å²) in [7, 11) is 0. The first-order valence-electron chi connectivity index (χ1n) is 4.49. The van der Waals surface area contributed by atoms with Gasteiger partial charge in [0.15, 0.2) is 0 Å². The molecule has 0 saturated carbocycles. The van der Waals surface area contributed by atoms with E-state index in [0.717, 1.165) is 13.2 Å². The highest BCUT2D eigenvalue weighted by Gasteiger charge is 1.94. The van der Waals surface area contributed by atoms with Crippen molar-refractivity contribution in [2.24, 2.45) is 0 Å². The van der Waals surface area contributed by atoms with E-state index in [1.165, 1.54) is 19.3 Å². The molecule has 10 heavy (non-hydrogen) atoms. The van der Waals surface area contributed by atoms with Crippen LogP contribution in [0.5, 0.6) is 0 Å². The third-order valence-electron chi connectivity index (χ3n) is 0.827. The molecule has 1 saturated heterocycles. The van der Waals surface area contributed by atoms with Crippen LogP contribution < -0.4 is 0 Å². The van der Waals surface area contributed by atoms with Crippen molar-refractivity contribution in [3.05, 3.63) is 0 Å². The number of ether oxygens (including phenoxy) is 1. The fraction of sp³-hybridized carbons (Fsp3) is 1.00. The molecule has 1 heteroatoms. The predicted molar refractivity (Wildman–Crippen MR) is 47.4 cm³/mol. The van der Waals surface area contributed by atoms with Crippen LogP contribution >= 0.6 is 0 Å². The van der Waals surface area contributed by atoms with E-state index in [9.17, 15) is 0 Å². The van der Waals surface area contributed by atoms with Gasteiger partial charge in [0.25, 0.3) is 0 Å². The van der Waals surface area contributed by atoms with Crippen LogP contribution in [0.25, 0.3) is 0 Å².